The maximum absolute atomic E-state index is 11.9. The summed E-state index contributed by atoms with van der Waals surface area (Å²) in [6.07, 6.45) is 3.09. The number of benzene rings is 1. The molecule has 0 atom stereocenters. The lowest BCUT2D eigenvalue weighted by atomic mass is 10.1. The van der Waals surface area contributed by atoms with Gasteiger partial charge in [-0.3, -0.25) is 9.78 Å². The zero-order valence-electron chi connectivity index (χ0n) is 9.47. The van der Waals surface area contributed by atoms with E-state index in [1.54, 1.807) is 18.3 Å². The molecular formula is C13H13N3O. The Kier molecular flexibility index (Phi) is 3.05. The summed E-state index contributed by atoms with van der Waals surface area (Å²) < 4.78 is 0. The molecule has 1 aromatic heterocycles. The maximum atomic E-state index is 11.9. The van der Waals surface area contributed by atoms with Gasteiger partial charge in [-0.25, -0.2) is 0 Å². The first-order chi connectivity index (χ1) is 8.16. The van der Waals surface area contributed by atoms with E-state index in [0.29, 0.717) is 16.9 Å². The van der Waals surface area contributed by atoms with Crippen molar-refractivity contribution in [1.29, 1.82) is 0 Å². The summed E-state index contributed by atoms with van der Waals surface area (Å²) >= 11 is 0. The van der Waals surface area contributed by atoms with Gasteiger partial charge in [0.25, 0.3) is 5.91 Å². The second-order valence-electron chi connectivity index (χ2n) is 3.79. The third-order valence-electron chi connectivity index (χ3n) is 2.38. The predicted molar refractivity (Wildman–Crippen MR) is 67.8 cm³/mol. The van der Waals surface area contributed by atoms with Crippen molar-refractivity contribution in [2.24, 2.45) is 0 Å². The smallest absolute Gasteiger partial charge is 0.255 e. The number of carbonyl (C=O) groups is 1. The molecule has 0 aliphatic carbocycles. The van der Waals surface area contributed by atoms with Crippen molar-refractivity contribution in [2.45, 2.75) is 6.92 Å². The van der Waals surface area contributed by atoms with Crippen molar-refractivity contribution in [3.63, 3.8) is 0 Å². The van der Waals surface area contributed by atoms with Crippen LogP contribution < -0.4 is 11.1 Å². The van der Waals surface area contributed by atoms with Crippen molar-refractivity contribution in [3.05, 3.63) is 53.9 Å². The zero-order chi connectivity index (χ0) is 12.3. The molecule has 0 saturated heterocycles. The third-order valence-corrected chi connectivity index (χ3v) is 2.38. The highest BCUT2D eigenvalue weighted by Crippen LogP contribution is 2.16. The van der Waals surface area contributed by atoms with Gasteiger partial charge < -0.3 is 11.1 Å². The molecule has 17 heavy (non-hydrogen) atoms. The number of anilines is 2. The van der Waals surface area contributed by atoms with E-state index in [1.165, 1.54) is 6.20 Å². The number of rotatable bonds is 2. The molecule has 86 valence electrons. The Morgan fingerprint density at radius 1 is 1.35 bits per heavy atom. The Bertz CT molecular complexity index is 552. The quantitative estimate of drug-likeness (QED) is 0.826. The molecule has 1 aromatic carbocycles. The molecule has 0 bridgehead atoms. The molecular weight excluding hydrogens is 214 g/mol. The Morgan fingerprint density at radius 3 is 2.88 bits per heavy atom. The van der Waals surface area contributed by atoms with Crippen molar-refractivity contribution in [3.8, 4) is 0 Å². The fraction of sp³-hybridized carbons (Fsp3) is 0.0769. The van der Waals surface area contributed by atoms with Crippen LogP contribution in [-0.2, 0) is 0 Å². The summed E-state index contributed by atoms with van der Waals surface area (Å²) in [5.74, 6) is -0.174. The molecule has 0 spiro atoms. The van der Waals surface area contributed by atoms with Crippen LogP contribution >= 0.6 is 0 Å². The van der Waals surface area contributed by atoms with Crippen molar-refractivity contribution < 1.29 is 4.79 Å². The number of aryl methyl sites for hydroxylation is 1. The molecule has 0 aliphatic rings. The molecule has 0 fully saturated rings. The maximum Gasteiger partial charge on any atom is 0.255 e. The Morgan fingerprint density at radius 2 is 2.18 bits per heavy atom. The van der Waals surface area contributed by atoms with E-state index in [-0.39, 0.29) is 5.91 Å². The van der Waals surface area contributed by atoms with E-state index >= 15 is 0 Å². The van der Waals surface area contributed by atoms with Crippen LogP contribution in [0.5, 0.6) is 0 Å². The second kappa shape index (κ2) is 4.65. The van der Waals surface area contributed by atoms with Gasteiger partial charge in [-0.1, -0.05) is 17.7 Å². The Hall–Kier alpha value is -2.36. The van der Waals surface area contributed by atoms with E-state index in [2.05, 4.69) is 10.3 Å². The second-order valence-corrected chi connectivity index (χ2v) is 3.79. The van der Waals surface area contributed by atoms with Crippen molar-refractivity contribution >= 4 is 17.3 Å². The fourth-order valence-electron chi connectivity index (χ4n) is 1.50. The number of nitrogens with zero attached hydrogens (tertiary/aromatic N) is 1. The van der Waals surface area contributed by atoms with Crippen LogP contribution in [0.1, 0.15) is 15.9 Å². The summed E-state index contributed by atoms with van der Waals surface area (Å²) in [5, 5.41) is 2.75. The van der Waals surface area contributed by atoms with Gasteiger partial charge in [0.05, 0.1) is 17.6 Å². The summed E-state index contributed by atoms with van der Waals surface area (Å²) in [6, 6.07) is 9.05. The largest absolute Gasteiger partial charge is 0.396 e. The zero-order valence-corrected chi connectivity index (χ0v) is 9.47. The summed E-state index contributed by atoms with van der Waals surface area (Å²) in [6.45, 7) is 1.94. The molecule has 2 rings (SSSR count). The number of nitrogens with one attached hydrogen (secondary N) is 1. The van der Waals surface area contributed by atoms with Gasteiger partial charge >= 0.3 is 0 Å². The SMILES string of the molecule is Cc1cccc(C(=O)Nc2ccncc2N)c1. The van der Waals surface area contributed by atoms with E-state index < -0.39 is 0 Å². The van der Waals surface area contributed by atoms with Crippen LogP contribution in [-0.4, -0.2) is 10.9 Å². The lowest BCUT2D eigenvalue weighted by molar-refractivity contribution is 0.102. The van der Waals surface area contributed by atoms with Gasteiger partial charge in [-0.2, -0.15) is 0 Å². The summed E-state index contributed by atoms with van der Waals surface area (Å²) in [5.41, 5.74) is 8.38. The van der Waals surface area contributed by atoms with Crippen LogP contribution in [0.25, 0.3) is 0 Å². The molecule has 0 saturated carbocycles. The monoisotopic (exact) mass is 227 g/mol. The highest BCUT2D eigenvalue weighted by molar-refractivity contribution is 6.05. The number of nitrogen functional groups attached to an aromatic ring is 1. The highest BCUT2D eigenvalue weighted by Gasteiger charge is 2.07. The van der Waals surface area contributed by atoms with E-state index in [4.69, 9.17) is 5.73 Å². The van der Waals surface area contributed by atoms with Crippen LogP contribution in [0.4, 0.5) is 11.4 Å². The summed E-state index contributed by atoms with van der Waals surface area (Å²) in [4.78, 5) is 15.8. The number of carbonyl (C=O) groups excluding carboxylic acids is 1. The fourth-order valence-corrected chi connectivity index (χ4v) is 1.50. The molecule has 1 heterocycles. The first-order valence-corrected chi connectivity index (χ1v) is 5.24. The normalized spacial score (nSPS) is 9.94. The third kappa shape index (κ3) is 2.60. The average molecular weight is 227 g/mol. The number of pyridine rings is 1. The molecule has 0 aliphatic heterocycles. The first-order valence-electron chi connectivity index (χ1n) is 5.24. The first kappa shape index (κ1) is 11.1. The van der Waals surface area contributed by atoms with Gasteiger partial charge in [0.2, 0.25) is 0 Å². The van der Waals surface area contributed by atoms with Crippen LogP contribution in [0.15, 0.2) is 42.7 Å². The van der Waals surface area contributed by atoms with Crippen LogP contribution in [0, 0.1) is 6.92 Å². The topological polar surface area (TPSA) is 68.0 Å². The van der Waals surface area contributed by atoms with Crippen molar-refractivity contribution in [1.82, 2.24) is 4.98 Å². The number of amides is 1. The van der Waals surface area contributed by atoms with Crippen molar-refractivity contribution in [2.75, 3.05) is 11.1 Å². The van der Waals surface area contributed by atoms with Gasteiger partial charge in [0.15, 0.2) is 0 Å². The van der Waals surface area contributed by atoms with E-state index in [0.717, 1.165) is 5.56 Å². The number of aromatic nitrogens is 1. The summed E-state index contributed by atoms with van der Waals surface area (Å²) in [7, 11) is 0. The van der Waals surface area contributed by atoms with E-state index in [1.807, 2.05) is 25.1 Å². The lowest BCUT2D eigenvalue weighted by Crippen LogP contribution is -2.13. The number of hydrogen-bond acceptors (Lipinski definition) is 3. The molecule has 2 aromatic rings. The standard InChI is InChI=1S/C13H13N3O/c1-9-3-2-4-10(7-9)13(17)16-12-5-6-15-8-11(12)14/h2-8H,14H2,1H3,(H,15,16,17). The Balaban J connectivity index is 2.20. The lowest BCUT2D eigenvalue weighted by Gasteiger charge is -2.07. The molecule has 4 nitrogen and oxygen atoms in total. The molecule has 0 radical (unpaired) electrons. The highest BCUT2D eigenvalue weighted by atomic mass is 16.1. The Labute approximate surface area is 99.5 Å². The van der Waals surface area contributed by atoms with E-state index in [9.17, 15) is 4.79 Å². The minimum Gasteiger partial charge on any atom is -0.396 e. The molecule has 1 amide bonds. The van der Waals surface area contributed by atoms with Gasteiger partial charge in [-0.15, -0.1) is 0 Å². The number of nitrogens with two attached hydrogens (primary N) is 1. The molecule has 4 heteroatoms. The number of hydrogen-bond donors (Lipinski definition) is 2. The minimum absolute atomic E-state index is 0.174. The van der Waals surface area contributed by atoms with Crippen LogP contribution in [0.2, 0.25) is 0 Å². The molecule has 0 unspecified atom stereocenters. The van der Waals surface area contributed by atoms with Gasteiger partial charge in [0, 0.05) is 11.8 Å². The average Bonchev–Trinajstić information content (AvgIpc) is 2.32. The van der Waals surface area contributed by atoms with Gasteiger partial charge in [-0.05, 0) is 25.1 Å². The van der Waals surface area contributed by atoms with Crippen LogP contribution in [0.3, 0.4) is 0 Å². The predicted octanol–water partition coefficient (Wildman–Crippen LogP) is 2.22. The minimum atomic E-state index is -0.174. The molecule has 3 N–H and O–H groups in total. The van der Waals surface area contributed by atoms with Gasteiger partial charge in [0.1, 0.15) is 0 Å².